The number of nitrogens with one attached hydrogen (secondary N) is 1. The lowest BCUT2D eigenvalue weighted by molar-refractivity contribution is -0.182. The van der Waals surface area contributed by atoms with E-state index in [0.29, 0.717) is 25.8 Å². The molecule has 1 rings (SSSR count). The van der Waals surface area contributed by atoms with Crippen LogP contribution >= 0.6 is 0 Å². The highest BCUT2D eigenvalue weighted by Crippen LogP contribution is 2.37. The quantitative estimate of drug-likeness (QED) is 0.819. The molecule has 0 spiro atoms. The van der Waals surface area contributed by atoms with Gasteiger partial charge in [0.15, 0.2) is 0 Å². The first-order valence-corrected chi connectivity index (χ1v) is 6.41. The lowest BCUT2D eigenvalue weighted by Crippen LogP contribution is -2.42. The van der Waals surface area contributed by atoms with Crippen molar-refractivity contribution < 1.29 is 18.0 Å². The lowest BCUT2D eigenvalue weighted by atomic mass is 9.85. The van der Waals surface area contributed by atoms with Crippen LogP contribution in [0.1, 0.15) is 39.0 Å². The summed E-state index contributed by atoms with van der Waals surface area (Å²) >= 11 is 0. The van der Waals surface area contributed by atoms with Gasteiger partial charge in [-0.1, -0.05) is 6.92 Å². The maximum Gasteiger partial charge on any atom is 0.391 e. The molecule has 1 saturated carbocycles. The van der Waals surface area contributed by atoms with Crippen LogP contribution in [0.25, 0.3) is 0 Å². The number of halogens is 3. The van der Waals surface area contributed by atoms with E-state index >= 15 is 0 Å². The molecule has 0 aromatic carbocycles. The maximum atomic E-state index is 12.5. The van der Waals surface area contributed by atoms with E-state index in [1.54, 1.807) is 6.92 Å². The largest absolute Gasteiger partial charge is 0.391 e. The second-order valence-corrected chi connectivity index (χ2v) is 5.08. The van der Waals surface area contributed by atoms with Gasteiger partial charge in [0.05, 0.1) is 5.92 Å². The van der Waals surface area contributed by atoms with E-state index in [0.717, 1.165) is 0 Å². The molecular weight excluding hydrogens is 245 g/mol. The predicted octanol–water partition coefficient (Wildman–Crippen LogP) is 2.21. The minimum Gasteiger partial charge on any atom is -0.353 e. The number of carbonyl (C=O) groups excluding carboxylic acids is 1. The Morgan fingerprint density at radius 2 is 1.89 bits per heavy atom. The Bertz CT molecular complexity index is 273. The molecule has 0 heterocycles. The lowest BCUT2D eigenvalue weighted by Gasteiger charge is -2.30. The van der Waals surface area contributed by atoms with Crippen LogP contribution in [0.15, 0.2) is 0 Å². The molecule has 1 fully saturated rings. The van der Waals surface area contributed by atoms with Crippen molar-refractivity contribution in [2.24, 2.45) is 17.6 Å². The van der Waals surface area contributed by atoms with Gasteiger partial charge in [0, 0.05) is 12.0 Å². The summed E-state index contributed by atoms with van der Waals surface area (Å²) in [7, 11) is 0. The van der Waals surface area contributed by atoms with Crippen molar-refractivity contribution in [3.63, 3.8) is 0 Å². The van der Waals surface area contributed by atoms with Gasteiger partial charge in [-0.25, -0.2) is 0 Å². The molecule has 3 nitrogen and oxygen atoms in total. The molecule has 1 aliphatic carbocycles. The van der Waals surface area contributed by atoms with Gasteiger partial charge in [0.25, 0.3) is 0 Å². The highest BCUT2D eigenvalue weighted by Gasteiger charge is 2.41. The van der Waals surface area contributed by atoms with Crippen LogP contribution < -0.4 is 11.1 Å². The summed E-state index contributed by atoms with van der Waals surface area (Å²) in [5.41, 5.74) is 5.36. The highest BCUT2D eigenvalue weighted by atomic mass is 19.4. The van der Waals surface area contributed by atoms with Gasteiger partial charge < -0.3 is 11.1 Å². The summed E-state index contributed by atoms with van der Waals surface area (Å²) in [6.45, 7) is 2.22. The second kappa shape index (κ2) is 6.41. The smallest absolute Gasteiger partial charge is 0.353 e. The Balaban J connectivity index is 2.33. The summed E-state index contributed by atoms with van der Waals surface area (Å²) in [6, 6.07) is -0.115. The minimum atomic E-state index is -4.10. The number of hydrogen-bond donors (Lipinski definition) is 2. The first-order chi connectivity index (χ1) is 8.34. The molecule has 0 aromatic heterocycles. The van der Waals surface area contributed by atoms with E-state index in [-0.39, 0.29) is 30.7 Å². The van der Waals surface area contributed by atoms with Crippen LogP contribution in [0.4, 0.5) is 13.2 Å². The first-order valence-electron chi connectivity index (χ1n) is 6.41. The molecule has 6 heteroatoms. The van der Waals surface area contributed by atoms with E-state index in [1.165, 1.54) is 0 Å². The molecule has 106 valence electrons. The summed E-state index contributed by atoms with van der Waals surface area (Å²) in [5.74, 6) is -1.47. The Kier molecular flexibility index (Phi) is 5.44. The molecule has 1 aliphatic rings. The SMILES string of the molecule is CC(CCN)C(=O)NC1CCC(C(F)(F)F)CC1. The molecule has 1 amide bonds. The Morgan fingerprint density at radius 1 is 1.33 bits per heavy atom. The van der Waals surface area contributed by atoms with Crippen molar-refractivity contribution in [1.29, 1.82) is 0 Å². The second-order valence-electron chi connectivity index (χ2n) is 5.08. The molecule has 1 unspecified atom stereocenters. The number of hydrogen-bond acceptors (Lipinski definition) is 2. The molecule has 0 radical (unpaired) electrons. The third kappa shape index (κ3) is 4.48. The average molecular weight is 266 g/mol. The maximum absolute atomic E-state index is 12.5. The Hall–Kier alpha value is -0.780. The molecule has 18 heavy (non-hydrogen) atoms. The Morgan fingerprint density at radius 3 is 2.33 bits per heavy atom. The zero-order chi connectivity index (χ0) is 13.8. The molecule has 3 N–H and O–H groups in total. The normalized spacial score (nSPS) is 26.7. The predicted molar refractivity (Wildman–Crippen MR) is 62.8 cm³/mol. The summed E-state index contributed by atoms with van der Waals surface area (Å²) in [6.07, 6.45) is -2.46. The van der Waals surface area contributed by atoms with Crippen molar-refractivity contribution in [2.75, 3.05) is 6.54 Å². The van der Waals surface area contributed by atoms with Crippen LogP contribution in [0.5, 0.6) is 0 Å². The highest BCUT2D eigenvalue weighted by molar-refractivity contribution is 5.78. The topological polar surface area (TPSA) is 55.1 Å². The first kappa shape index (κ1) is 15.3. The van der Waals surface area contributed by atoms with Crippen molar-refractivity contribution in [3.8, 4) is 0 Å². The standard InChI is InChI=1S/C12H21F3N2O/c1-8(6-7-16)11(18)17-10-4-2-9(3-5-10)12(13,14)15/h8-10H,2-7,16H2,1H3,(H,17,18). The average Bonchev–Trinajstić information content (AvgIpc) is 2.28. The molecule has 0 saturated heterocycles. The summed E-state index contributed by atoms with van der Waals surface area (Å²) in [5, 5.41) is 2.81. The third-order valence-electron chi connectivity index (χ3n) is 3.58. The van der Waals surface area contributed by atoms with Gasteiger partial charge >= 0.3 is 6.18 Å². The van der Waals surface area contributed by atoms with Crippen LogP contribution in [-0.4, -0.2) is 24.7 Å². The zero-order valence-corrected chi connectivity index (χ0v) is 10.6. The zero-order valence-electron chi connectivity index (χ0n) is 10.6. The number of rotatable bonds is 4. The molecule has 0 bridgehead atoms. The van der Waals surface area contributed by atoms with Crippen molar-refractivity contribution in [3.05, 3.63) is 0 Å². The minimum absolute atomic E-state index is 0.101. The number of nitrogens with two attached hydrogens (primary N) is 1. The van der Waals surface area contributed by atoms with E-state index in [4.69, 9.17) is 5.73 Å². The van der Waals surface area contributed by atoms with Gasteiger partial charge in [0.1, 0.15) is 0 Å². The van der Waals surface area contributed by atoms with Crippen LogP contribution in [-0.2, 0) is 4.79 Å². The fourth-order valence-corrected chi connectivity index (χ4v) is 2.29. The summed E-state index contributed by atoms with van der Waals surface area (Å²) < 4.78 is 37.4. The van der Waals surface area contributed by atoms with E-state index in [9.17, 15) is 18.0 Å². The van der Waals surface area contributed by atoms with Gasteiger partial charge in [-0.2, -0.15) is 13.2 Å². The third-order valence-corrected chi connectivity index (χ3v) is 3.58. The number of carbonyl (C=O) groups is 1. The van der Waals surface area contributed by atoms with Crippen molar-refractivity contribution >= 4 is 5.91 Å². The molecular formula is C12H21F3N2O. The number of amides is 1. The fraction of sp³-hybridized carbons (Fsp3) is 0.917. The van der Waals surface area contributed by atoms with Crippen molar-refractivity contribution in [2.45, 2.75) is 51.2 Å². The van der Waals surface area contributed by atoms with Crippen LogP contribution in [0, 0.1) is 11.8 Å². The van der Waals surface area contributed by atoms with E-state index in [1.807, 2.05) is 0 Å². The van der Waals surface area contributed by atoms with Crippen LogP contribution in [0.2, 0.25) is 0 Å². The summed E-state index contributed by atoms with van der Waals surface area (Å²) in [4.78, 5) is 11.7. The Labute approximate surface area is 105 Å². The van der Waals surface area contributed by atoms with Crippen LogP contribution in [0.3, 0.4) is 0 Å². The van der Waals surface area contributed by atoms with E-state index < -0.39 is 12.1 Å². The van der Waals surface area contributed by atoms with Gasteiger partial charge in [-0.3, -0.25) is 4.79 Å². The van der Waals surface area contributed by atoms with Gasteiger partial charge in [-0.05, 0) is 38.6 Å². The molecule has 0 aliphatic heterocycles. The van der Waals surface area contributed by atoms with Gasteiger partial charge in [0.2, 0.25) is 5.91 Å². The fourth-order valence-electron chi connectivity index (χ4n) is 2.29. The number of alkyl halides is 3. The molecule has 0 aromatic rings. The van der Waals surface area contributed by atoms with E-state index in [2.05, 4.69) is 5.32 Å². The van der Waals surface area contributed by atoms with Gasteiger partial charge in [-0.15, -0.1) is 0 Å². The monoisotopic (exact) mass is 266 g/mol. The van der Waals surface area contributed by atoms with Crippen molar-refractivity contribution in [1.82, 2.24) is 5.32 Å². The molecule has 1 atom stereocenters.